The van der Waals surface area contributed by atoms with Gasteiger partial charge < -0.3 is 29.4 Å². The molecule has 8 nitrogen and oxygen atoms in total. The molecule has 31 heavy (non-hydrogen) atoms. The molecule has 2 aromatic heterocycles. The van der Waals surface area contributed by atoms with Crippen molar-refractivity contribution >= 4 is 28.4 Å². The fourth-order valence-corrected chi connectivity index (χ4v) is 4.52. The highest BCUT2D eigenvalue weighted by Crippen LogP contribution is 2.33. The lowest BCUT2D eigenvalue weighted by molar-refractivity contribution is 0.171. The molecule has 1 unspecified atom stereocenters. The van der Waals surface area contributed by atoms with Gasteiger partial charge in [0.1, 0.15) is 19.4 Å². The van der Waals surface area contributed by atoms with Gasteiger partial charge in [-0.1, -0.05) is 30.0 Å². The first kappa shape index (κ1) is 19.8. The van der Waals surface area contributed by atoms with Gasteiger partial charge in [-0.3, -0.25) is 0 Å². The van der Waals surface area contributed by atoms with Gasteiger partial charge in [0.2, 0.25) is 0 Å². The largest absolute Gasteiger partial charge is 0.486 e. The van der Waals surface area contributed by atoms with Crippen LogP contribution in [0.15, 0.2) is 53.8 Å². The second-order valence-corrected chi connectivity index (χ2v) is 8.12. The van der Waals surface area contributed by atoms with Gasteiger partial charge in [-0.25, -0.2) is 0 Å². The van der Waals surface area contributed by atoms with Crippen molar-refractivity contribution in [2.24, 2.45) is 0 Å². The van der Waals surface area contributed by atoms with Crippen LogP contribution in [-0.2, 0) is 6.54 Å². The van der Waals surface area contributed by atoms with E-state index < -0.39 is 6.23 Å². The Labute approximate surface area is 183 Å². The minimum absolute atomic E-state index is 0.417. The number of benzene rings is 2. The molecule has 0 bridgehead atoms. The van der Waals surface area contributed by atoms with Crippen molar-refractivity contribution in [3.8, 4) is 22.9 Å². The number of fused-ring (bicyclic) bond motifs is 2. The molecule has 4 aromatic rings. The summed E-state index contributed by atoms with van der Waals surface area (Å²) in [5, 5.41) is 24.3. The van der Waals surface area contributed by atoms with Crippen LogP contribution in [0.2, 0.25) is 0 Å². The zero-order chi connectivity index (χ0) is 21.2. The van der Waals surface area contributed by atoms with Gasteiger partial charge in [-0.15, -0.1) is 10.2 Å². The normalized spacial score (nSPS) is 14.0. The van der Waals surface area contributed by atoms with Crippen molar-refractivity contribution in [3.63, 3.8) is 0 Å². The number of thioether (sulfide) groups is 1. The molecule has 160 valence electrons. The van der Waals surface area contributed by atoms with E-state index in [9.17, 15) is 5.11 Å². The third kappa shape index (κ3) is 3.94. The number of anilines is 1. The number of para-hydroxylation sites is 1. The Hall–Kier alpha value is -3.17. The summed E-state index contributed by atoms with van der Waals surface area (Å²) in [6.07, 6.45) is 1.21. The van der Waals surface area contributed by atoms with E-state index in [0.29, 0.717) is 24.7 Å². The molecule has 5 rings (SSSR count). The van der Waals surface area contributed by atoms with Crippen LogP contribution in [0.1, 0.15) is 6.92 Å². The Morgan fingerprint density at radius 2 is 2.00 bits per heavy atom. The number of aliphatic hydroxyl groups excluding tert-OH is 1. The fraction of sp³-hybridized carbons (Fsp3) is 0.273. The summed E-state index contributed by atoms with van der Waals surface area (Å²) >= 11 is 1.46. The molecule has 1 atom stereocenters. The molecule has 1 aliphatic rings. The number of aromatic amines is 1. The second kappa shape index (κ2) is 8.52. The Balaban J connectivity index is 1.28. The Kier molecular flexibility index (Phi) is 5.44. The molecule has 0 amide bonds. The standard InChI is InChI=1S/C22H23N5O3S/c1-2-27-21(16-12-23-17-6-4-3-5-15(16)17)25-26-22(27)31-13-20(28)24-14-7-8-18-19(11-14)30-10-9-29-18/h3-8,11-12,20,23-24,28H,2,9-10,13H2,1H3. The van der Waals surface area contributed by atoms with E-state index in [-0.39, 0.29) is 0 Å². The lowest BCUT2D eigenvalue weighted by Gasteiger charge is -2.20. The van der Waals surface area contributed by atoms with Crippen LogP contribution in [0.5, 0.6) is 11.5 Å². The van der Waals surface area contributed by atoms with Gasteiger partial charge >= 0.3 is 0 Å². The van der Waals surface area contributed by atoms with Gasteiger partial charge in [-0.2, -0.15) is 0 Å². The average Bonchev–Trinajstić information content (AvgIpc) is 3.41. The first-order valence-electron chi connectivity index (χ1n) is 10.2. The summed E-state index contributed by atoms with van der Waals surface area (Å²) < 4.78 is 13.2. The van der Waals surface area contributed by atoms with Crippen LogP contribution < -0.4 is 14.8 Å². The van der Waals surface area contributed by atoms with Crippen molar-refractivity contribution in [2.75, 3.05) is 24.3 Å². The van der Waals surface area contributed by atoms with E-state index in [2.05, 4.69) is 38.1 Å². The summed E-state index contributed by atoms with van der Waals surface area (Å²) in [4.78, 5) is 3.29. The maximum absolute atomic E-state index is 10.5. The zero-order valence-corrected chi connectivity index (χ0v) is 17.9. The molecule has 0 aliphatic carbocycles. The number of hydrogen-bond donors (Lipinski definition) is 3. The van der Waals surface area contributed by atoms with E-state index in [0.717, 1.165) is 45.4 Å². The summed E-state index contributed by atoms with van der Waals surface area (Å²) in [7, 11) is 0. The first-order chi connectivity index (χ1) is 15.2. The third-order valence-corrected chi connectivity index (χ3v) is 6.15. The van der Waals surface area contributed by atoms with E-state index in [4.69, 9.17) is 9.47 Å². The van der Waals surface area contributed by atoms with Gasteiger partial charge in [0.05, 0.1) is 0 Å². The van der Waals surface area contributed by atoms with E-state index >= 15 is 0 Å². The molecule has 0 radical (unpaired) electrons. The summed E-state index contributed by atoms with van der Waals surface area (Å²) in [5.41, 5.74) is 2.86. The van der Waals surface area contributed by atoms with Crippen LogP contribution in [0.25, 0.3) is 22.3 Å². The summed E-state index contributed by atoms with van der Waals surface area (Å²) in [6, 6.07) is 13.7. The maximum Gasteiger partial charge on any atom is 0.191 e. The zero-order valence-electron chi connectivity index (χ0n) is 17.0. The minimum Gasteiger partial charge on any atom is -0.486 e. The monoisotopic (exact) mass is 437 g/mol. The summed E-state index contributed by atoms with van der Waals surface area (Å²) in [5.74, 6) is 2.64. The maximum atomic E-state index is 10.5. The lowest BCUT2D eigenvalue weighted by atomic mass is 10.1. The number of aromatic nitrogens is 4. The SMILES string of the molecule is CCn1c(SCC(O)Nc2ccc3c(c2)OCCO3)nnc1-c1c[nH]c2ccccc12. The molecule has 3 heterocycles. The molecular formula is C22H23N5O3S. The molecule has 1 aliphatic heterocycles. The van der Waals surface area contributed by atoms with Crippen molar-refractivity contribution < 1.29 is 14.6 Å². The molecule has 0 spiro atoms. The molecule has 0 fully saturated rings. The van der Waals surface area contributed by atoms with Gasteiger partial charge in [0, 0.05) is 46.7 Å². The van der Waals surface area contributed by atoms with Gasteiger partial charge in [-0.05, 0) is 25.1 Å². The molecule has 3 N–H and O–H groups in total. The Bertz CT molecular complexity index is 1210. The second-order valence-electron chi connectivity index (χ2n) is 7.13. The molecule has 9 heteroatoms. The van der Waals surface area contributed by atoms with Crippen LogP contribution in [0.3, 0.4) is 0 Å². The Morgan fingerprint density at radius 1 is 1.16 bits per heavy atom. The van der Waals surface area contributed by atoms with Gasteiger partial charge in [0.15, 0.2) is 22.5 Å². The van der Waals surface area contributed by atoms with Crippen molar-refractivity contribution in [3.05, 3.63) is 48.7 Å². The van der Waals surface area contributed by atoms with Crippen LogP contribution in [-0.4, -0.2) is 50.0 Å². The third-order valence-electron chi connectivity index (χ3n) is 5.11. The van der Waals surface area contributed by atoms with Crippen LogP contribution in [0, 0.1) is 0 Å². The van der Waals surface area contributed by atoms with E-state index in [1.165, 1.54) is 11.8 Å². The number of nitrogens with zero attached hydrogens (tertiary/aromatic N) is 3. The average molecular weight is 438 g/mol. The quantitative estimate of drug-likeness (QED) is 0.299. The lowest BCUT2D eigenvalue weighted by Crippen LogP contribution is -2.22. The van der Waals surface area contributed by atoms with Crippen molar-refractivity contribution in [2.45, 2.75) is 24.9 Å². The first-order valence-corrected chi connectivity index (χ1v) is 11.2. The number of hydrogen-bond acceptors (Lipinski definition) is 7. The Morgan fingerprint density at radius 3 is 2.87 bits per heavy atom. The predicted molar refractivity (Wildman–Crippen MR) is 121 cm³/mol. The summed E-state index contributed by atoms with van der Waals surface area (Å²) in [6.45, 7) is 3.88. The number of rotatable bonds is 7. The number of aliphatic hydroxyl groups is 1. The number of ether oxygens (including phenoxy) is 2. The minimum atomic E-state index is -0.758. The highest BCUT2D eigenvalue weighted by Gasteiger charge is 2.18. The fourth-order valence-electron chi connectivity index (χ4n) is 3.66. The van der Waals surface area contributed by atoms with Crippen LogP contribution >= 0.6 is 11.8 Å². The van der Waals surface area contributed by atoms with Gasteiger partial charge in [0.25, 0.3) is 0 Å². The van der Waals surface area contributed by atoms with E-state index in [1.807, 2.05) is 42.6 Å². The van der Waals surface area contributed by atoms with Crippen molar-refractivity contribution in [1.82, 2.24) is 19.7 Å². The smallest absolute Gasteiger partial charge is 0.191 e. The molecule has 2 aromatic carbocycles. The highest BCUT2D eigenvalue weighted by molar-refractivity contribution is 7.99. The predicted octanol–water partition coefficient (Wildman–Crippen LogP) is 3.74. The molecular weight excluding hydrogens is 414 g/mol. The van der Waals surface area contributed by atoms with Crippen LogP contribution in [0.4, 0.5) is 5.69 Å². The molecule has 0 saturated carbocycles. The molecule has 0 saturated heterocycles. The number of H-pyrrole nitrogens is 1. The van der Waals surface area contributed by atoms with Crippen molar-refractivity contribution in [1.29, 1.82) is 0 Å². The topological polar surface area (TPSA) is 97.2 Å². The number of nitrogens with one attached hydrogen (secondary N) is 2. The highest BCUT2D eigenvalue weighted by atomic mass is 32.2. The van der Waals surface area contributed by atoms with E-state index in [1.54, 1.807) is 0 Å².